The maximum absolute atomic E-state index is 12.8. The second-order valence-electron chi connectivity index (χ2n) is 6.46. The van der Waals surface area contributed by atoms with Crippen LogP contribution in [-0.2, 0) is 16.6 Å². The molecule has 154 valence electrons. The highest BCUT2D eigenvalue weighted by atomic mass is 35.5. The molecule has 0 unspecified atom stereocenters. The van der Waals surface area contributed by atoms with Gasteiger partial charge in [0.15, 0.2) is 0 Å². The third-order valence-corrected chi connectivity index (χ3v) is 6.48. The number of ether oxygens (including phenoxy) is 1. The molecule has 2 aromatic carbocycles. The van der Waals surface area contributed by atoms with Gasteiger partial charge in [0.05, 0.1) is 45.2 Å². The Kier molecular flexibility index (Phi) is 6.41. The molecule has 0 amide bonds. The summed E-state index contributed by atoms with van der Waals surface area (Å²) in [5.74, 6) is 0.619. The molecule has 0 aliphatic heterocycles. The van der Waals surface area contributed by atoms with Crippen LogP contribution in [-0.4, -0.2) is 24.8 Å². The Morgan fingerprint density at radius 1 is 1.07 bits per heavy atom. The molecule has 0 radical (unpaired) electrons. The van der Waals surface area contributed by atoms with Crippen LogP contribution in [0.3, 0.4) is 0 Å². The van der Waals surface area contributed by atoms with Crippen LogP contribution in [0.2, 0.25) is 10.0 Å². The summed E-state index contributed by atoms with van der Waals surface area (Å²) in [6, 6.07) is 11.6. The number of sulfonamides is 1. The maximum atomic E-state index is 12.8. The summed E-state index contributed by atoms with van der Waals surface area (Å²) >= 11 is 12.0. The largest absolute Gasteiger partial charge is 0.494 e. The molecule has 1 N–H and O–H groups in total. The number of nitrogens with zero attached hydrogens (tertiary/aromatic N) is 2. The lowest BCUT2D eigenvalue weighted by molar-refractivity contribution is 0.340. The Labute approximate surface area is 180 Å². The van der Waals surface area contributed by atoms with Crippen LogP contribution in [0.4, 0.5) is 5.69 Å². The topological polar surface area (TPSA) is 73.2 Å². The van der Waals surface area contributed by atoms with Gasteiger partial charge in [-0.25, -0.2) is 8.42 Å². The van der Waals surface area contributed by atoms with Crippen LogP contribution in [0.25, 0.3) is 0 Å². The first kappa shape index (κ1) is 21.5. The van der Waals surface area contributed by atoms with Crippen LogP contribution in [0.15, 0.2) is 47.4 Å². The summed E-state index contributed by atoms with van der Waals surface area (Å²) in [7, 11) is -3.76. The average molecular weight is 454 g/mol. The number of aryl methyl sites for hydroxylation is 1. The lowest BCUT2D eigenvalue weighted by Crippen LogP contribution is -2.14. The number of aromatic nitrogens is 2. The minimum Gasteiger partial charge on any atom is -0.494 e. The highest BCUT2D eigenvalue weighted by molar-refractivity contribution is 7.92. The molecule has 9 heteroatoms. The molecule has 1 aromatic heterocycles. The van der Waals surface area contributed by atoms with E-state index in [1.807, 2.05) is 19.9 Å². The van der Waals surface area contributed by atoms with Crippen LogP contribution in [0.1, 0.15) is 23.9 Å². The van der Waals surface area contributed by atoms with Gasteiger partial charge in [-0.3, -0.25) is 9.40 Å². The average Bonchev–Trinajstić information content (AvgIpc) is 2.92. The second kappa shape index (κ2) is 8.65. The first-order valence-corrected chi connectivity index (χ1v) is 11.2. The number of hydrogen-bond acceptors (Lipinski definition) is 4. The highest BCUT2D eigenvalue weighted by Gasteiger charge is 2.20. The fourth-order valence-corrected chi connectivity index (χ4v) is 4.38. The lowest BCUT2D eigenvalue weighted by atomic mass is 10.2. The lowest BCUT2D eigenvalue weighted by Gasteiger charge is -2.10. The summed E-state index contributed by atoms with van der Waals surface area (Å²) in [5, 5.41) is 5.41. The van der Waals surface area contributed by atoms with E-state index in [2.05, 4.69) is 9.82 Å². The van der Waals surface area contributed by atoms with Crippen molar-refractivity contribution in [2.24, 2.45) is 0 Å². The minimum absolute atomic E-state index is 0.150. The van der Waals surface area contributed by atoms with Gasteiger partial charge in [-0.2, -0.15) is 5.10 Å². The van der Waals surface area contributed by atoms with Crippen LogP contribution in [0, 0.1) is 13.8 Å². The summed E-state index contributed by atoms with van der Waals surface area (Å²) in [5.41, 5.74) is 2.64. The number of rotatable bonds is 7. The smallest absolute Gasteiger partial charge is 0.262 e. The van der Waals surface area contributed by atoms with Crippen molar-refractivity contribution >= 4 is 38.9 Å². The van der Waals surface area contributed by atoms with Gasteiger partial charge in [-0.15, -0.1) is 0 Å². The molecule has 3 aromatic rings. The standard InChI is InChI=1S/C20H21Cl2N3O3S/c1-4-28-16-6-8-17(9-7-16)29(26,27)24-20-13(2)23-25(14(20)3)12-15-5-10-18(21)19(22)11-15/h5-11,24H,4,12H2,1-3H3. The molecule has 0 fully saturated rings. The van der Waals surface area contributed by atoms with Crippen molar-refractivity contribution in [1.82, 2.24) is 9.78 Å². The van der Waals surface area contributed by atoms with Crippen molar-refractivity contribution in [3.63, 3.8) is 0 Å². The maximum Gasteiger partial charge on any atom is 0.262 e. The zero-order chi connectivity index (χ0) is 21.2. The normalized spacial score (nSPS) is 11.5. The zero-order valence-corrected chi connectivity index (χ0v) is 18.6. The predicted octanol–water partition coefficient (Wildman–Crippen LogP) is 5.05. The fourth-order valence-electron chi connectivity index (χ4n) is 2.88. The summed E-state index contributed by atoms with van der Waals surface area (Å²) in [4.78, 5) is 0.150. The Morgan fingerprint density at radius 3 is 2.38 bits per heavy atom. The highest BCUT2D eigenvalue weighted by Crippen LogP contribution is 2.27. The molecule has 0 atom stereocenters. The molecular formula is C20H21Cl2N3O3S. The minimum atomic E-state index is -3.76. The van der Waals surface area contributed by atoms with Gasteiger partial charge in [0.2, 0.25) is 0 Å². The first-order chi connectivity index (χ1) is 13.7. The fraction of sp³-hybridized carbons (Fsp3) is 0.250. The second-order valence-corrected chi connectivity index (χ2v) is 8.96. The molecule has 0 spiro atoms. The Morgan fingerprint density at radius 2 is 1.76 bits per heavy atom. The zero-order valence-electron chi connectivity index (χ0n) is 16.2. The Bertz CT molecular complexity index is 1130. The van der Waals surface area contributed by atoms with E-state index >= 15 is 0 Å². The van der Waals surface area contributed by atoms with Crippen LogP contribution in [0.5, 0.6) is 5.75 Å². The van der Waals surface area contributed by atoms with Gasteiger partial charge in [-0.1, -0.05) is 29.3 Å². The van der Waals surface area contributed by atoms with Gasteiger partial charge >= 0.3 is 0 Å². The summed E-state index contributed by atoms with van der Waals surface area (Å²) in [6.45, 7) is 6.39. The van der Waals surface area contributed by atoms with E-state index in [1.165, 1.54) is 12.1 Å². The van der Waals surface area contributed by atoms with E-state index in [0.717, 1.165) is 5.56 Å². The first-order valence-electron chi connectivity index (χ1n) is 8.95. The third kappa shape index (κ3) is 4.86. The number of hydrogen-bond donors (Lipinski definition) is 1. The van der Waals surface area contributed by atoms with E-state index in [1.54, 1.807) is 35.9 Å². The number of halogens is 2. The molecule has 0 saturated carbocycles. The van der Waals surface area contributed by atoms with Gasteiger partial charge in [0.25, 0.3) is 10.0 Å². The molecule has 3 rings (SSSR count). The van der Waals surface area contributed by atoms with Gasteiger partial charge in [0, 0.05) is 0 Å². The molecule has 0 bridgehead atoms. The van der Waals surface area contributed by atoms with Crippen molar-refractivity contribution in [3.8, 4) is 5.75 Å². The van der Waals surface area contributed by atoms with Crippen molar-refractivity contribution in [2.75, 3.05) is 11.3 Å². The number of anilines is 1. The van der Waals surface area contributed by atoms with E-state index in [-0.39, 0.29) is 4.90 Å². The van der Waals surface area contributed by atoms with Crippen molar-refractivity contribution in [3.05, 3.63) is 69.5 Å². The third-order valence-electron chi connectivity index (χ3n) is 4.38. The molecule has 0 aliphatic carbocycles. The quantitative estimate of drug-likeness (QED) is 0.542. The molecule has 0 aliphatic rings. The molecule has 6 nitrogen and oxygen atoms in total. The van der Waals surface area contributed by atoms with Crippen molar-refractivity contribution < 1.29 is 13.2 Å². The van der Waals surface area contributed by atoms with Crippen LogP contribution >= 0.6 is 23.2 Å². The van der Waals surface area contributed by atoms with Gasteiger partial charge < -0.3 is 4.74 Å². The molecular weight excluding hydrogens is 433 g/mol. The van der Waals surface area contributed by atoms with Crippen molar-refractivity contribution in [1.29, 1.82) is 0 Å². The molecule has 29 heavy (non-hydrogen) atoms. The molecule has 0 saturated heterocycles. The Hall–Kier alpha value is -2.22. The monoisotopic (exact) mass is 453 g/mol. The van der Waals surface area contributed by atoms with E-state index < -0.39 is 10.0 Å². The van der Waals surface area contributed by atoms with Gasteiger partial charge in [-0.05, 0) is 62.7 Å². The number of benzene rings is 2. The Balaban J connectivity index is 1.84. The van der Waals surface area contributed by atoms with Crippen molar-refractivity contribution in [2.45, 2.75) is 32.2 Å². The van der Waals surface area contributed by atoms with Gasteiger partial charge in [0.1, 0.15) is 5.75 Å². The van der Waals surface area contributed by atoms with E-state index in [0.29, 0.717) is 46.0 Å². The predicted molar refractivity (Wildman–Crippen MR) is 116 cm³/mol. The van der Waals surface area contributed by atoms with Crippen LogP contribution < -0.4 is 9.46 Å². The van der Waals surface area contributed by atoms with E-state index in [9.17, 15) is 8.42 Å². The van der Waals surface area contributed by atoms with E-state index in [4.69, 9.17) is 27.9 Å². The number of nitrogens with one attached hydrogen (secondary N) is 1. The SMILES string of the molecule is CCOc1ccc(S(=O)(=O)Nc2c(C)nn(Cc3ccc(Cl)c(Cl)c3)c2C)cc1. The summed E-state index contributed by atoms with van der Waals surface area (Å²) in [6.07, 6.45) is 0. The molecule has 1 heterocycles. The summed E-state index contributed by atoms with van der Waals surface area (Å²) < 4.78 is 35.3.